The lowest BCUT2D eigenvalue weighted by atomic mass is 9.74. The Kier molecular flexibility index (Phi) is 4.22. The van der Waals surface area contributed by atoms with Gasteiger partial charge >= 0.3 is 0 Å². The molecule has 1 fully saturated rings. The normalized spacial score (nSPS) is 19.0. The van der Waals surface area contributed by atoms with E-state index in [1.165, 1.54) is 6.42 Å². The van der Waals surface area contributed by atoms with Crippen molar-refractivity contribution in [3.63, 3.8) is 0 Å². The second kappa shape index (κ2) is 6.12. The summed E-state index contributed by atoms with van der Waals surface area (Å²) in [7, 11) is 1.64. The highest BCUT2D eigenvalue weighted by atomic mass is 16.6. The van der Waals surface area contributed by atoms with Crippen LogP contribution in [0.15, 0.2) is 12.1 Å². The van der Waals surface area contributed by atoms with Crippen molar-refractivity contribution >= 4 is 0 Å². The van der Waals surface area contributed by atoms with Crippen LogP contribution >= 0.6 is 0 Å². The van der Waals surface area contributed by atoms with Crippen LogP contribution in [0.3, 0.4) is 0 Å². The lowest BCUT2D eigenvalue weighted by Crippen LogP contribution is -2.51. The molecule has 3 rings (SSSR count). The van der Waals surface area contributed by atoms with E-state index in [2.05, 4.69) is 5.32 Å². The molecular formula is C16H23NO4. The maximum Gasteiger partial charge on any atom is 0.203 e. The number of rotatable bonds is 6. The summed E-state index contributed by atoms with van der Waals surface area (Å²) in [5.74, 6) is 2.16. The largest absolute Gasteiger partial charge is 0.493 e. The molecule has 1 saturated carbocycles. The third-order valence-electron chi connectivity index (χ3n) is 4.46. The van der Waals surface area contributed by atoms with Gasteiger partial charge in [-0.3, -0.25) is 0 Å². The second-order valence-electron chi connectivity index (χ2n) is 5.78. The molecule has 116 valence electrons. The number of hydrogen-bond donors (Lipinski definition) is 2. The summed E-state index contributed by atoms with van der Waals surface area (Å²) < 4.78 is 16.7. The van der Waals surface area contributed by atoms with Gasteiger partial charge in [-0.05, 0) is 43.4 Å². The fraction of sp³-hybridized carbons (Fsp3) is 0.625. The first-order valence-corrected chi connectivity index (χ1v) is 7.59. The van der Waals surface area contributed by atoms with Gasteiger partial charge in [-0.2, -0.15) is 0 Å². The summed E-state index contributed by atoms with van der Waals surface area (Å²) in [5, 5.41) is 12.8. The van der Waals surface area contributed by atoms with E-state index in [4.69, 9.17) is 14.2 Å². The molecule has 0 unspecified atom stereocenters. The zero-order chi connectivity index (χ0) is 14.7. The molecule has 2 aliphatic rings. The minimum atomic E-state index is 0.106. The van der Waals surface area contributed by atoms with E-state index in [-0.39, 0.29) is 12.1 Å². The number of ether oxygens (including phenoxy) is 3. The fourth-order valence-electron chi connectivity index (χ4n) is 3.05. The van der Waals surface area contributed by atoms with Gasteiger partial charge in [0.1, 0.15) is 13.2 Å². The van der Waals surface area contributed by atoms with Crippen molar-refractivity contribution in [2.24, 2.45) is 0 Å². The Morgan fingerprint density at radius 2 is 2.10 bits per heavy atom. The molecule has 1 aliphatic carbocycles. The number of hydrogen-bond acceptors (Lipinski definition) is 5. The number of benzene rings is 1. The van der Waals surface area contributed by atoms with Crippen molar-refractivity contribution in [1.29, 1.82) is 0 Å². The molecule has 21 heavy (non-hydrogen) atoms. The smallest absolute Gasteiger partial charge is 0.203 e. The molecule has 1 heterocycles. The van der Waals surface area contributed by atoms with E-state index < -0.39 is 0 Å². The van der Waals surface area contributed by atoms with E-state index in [0.29, 0.717) is 24.7 Å². The molecule has 0 radical (unpaired) electrons. The molecule has 2 N–H and O–H groups in total. The first-order chi connectivity index (χ1) is 10.3. The highest BCUT2D eigenvalue weighted by molar-refractivity contribution is 5.54. The molecule has 0 aromatic heterocycles. The van der Waals surface area contributed by atoms with E-state index >= 15 is 0 Å². The highest BCUT2D eigenvalue weighted by Gasteiger charge is 2.35. The molecule has 0 amide bonds. The number of fused-ring (bicyclic) bond motifs is 1. The van der Waals surface area contributed by atoms with Gasteiger partial charge < -0.3 is 24.6 Å². The van der Waals surface area contributed by atoms with Gasteiger partial charge in [-0.1, -0.05) is 0 Å². The Morgan fingerprint density at radius 1 is 1.29 bits per heavy atom. The fourth-order valence-corrected chi connectivity index (χ4v) is 3.05. The first kappa shape index (κ1) is 14.5. The predicted octanol–water partition coefficient (Wildman–Crippen LogP) is 1.86. The Bertz CT molecular complexity index is 482. The quantitative estimate of drug-likeness (QED) is 0.838. The van der Waals surface area contributed by atoms with Crippen molar-refractivity contribution in [2.75, 3.05) is 26.9 Å². The minimum absolute atomic E-state index is 0.106. The summed E-state index contributed by atoms with van der Waals surface area (Å²) >= 11 is 0. The third kappa shape index (κ3) is 2.94. The molecule has 5 heteroatoms. The number of methoxy groups -OCH3 is 1. The Morgan fingerprint density at radius 3 is 2.76 bits per heavy atom. The lowest BCUT2D eigenvalue weighted by Gasteiger charge is -2.42. The summed E-state index contributed by atoms with van der Waals surface area (Å²) in [6, 6.07) is 4.00. The van der Waals surface area contributed by atoms with Gasteiger partial charge in [0.15, 0.2) is 11.5 Å². The summed E-state index contributed by atoms with van der Waals surface area (Å²) in [5.41, 5.74) is 1.22. The Hall–Kier alpha value is -1.46. The maximum absolute atomic E-state index is 9.21. The van der Waals surface area contributed by atoms with Crippen molar-refractivity contribution in [3.8, 4) is 17.2 Å². The number of aliphatic hydroxyl groups excluding tert-OH is 1. The molecule has 1 aromatic rings. The van der Waals surface area contributed by atoms with Crippen LogP contribution in [-0.2, 0) is 6.54 Å². The lowest BCUT2D eigenvalue weighted by molar-refractivity contribution is 0.129. The summed E-state index contributed by atoms with van der Waals surface area (Å²) in [6.45, 7) is 2.10. The van der Waals surface area contributed by atoms with Gasteiger partial charge in [0.25, 0.3) is 0 Å². The van der Waals surface area contributed by atoms with Crippen LogP contribution in [0.4, 0.5) is 0 Å². The van der Waals surface area contributed by atoms with Gasteiger partial charge in [0, 0.05) is 18.7 Å². The average molecular weight is 293 g/mol. The monoisotopic (exact) mass is 293 g/mol. The van der Waals surface area contributed by atoms with Crippen LogP contribution in [0.5, 0.6) is 17.2 Å². The molecule has 0 saturated heterocycles. The Balaban J connectivity index is 1.73. The van der Waals surface area contributed by atoms with Gasteiger partial charge in [-0.25, -0.2) is 0 Å². The van der Waals surface area contributed by atoms with E-state index in [9.17, 15) is 5.11 Å². The van der Waals surface area contributed by atoms with E-state index in [1.807, 2.05) is 12.1 Å². The van der Waals surface area contributed by atoms with Gasteiger partial charge in [-0.15, -0.1) is 0 Å². The SMILES string of the molecule is COc1cc(CNC2(CCO)CCC2)cc2c1OCCO2. The first-order valence-electron chi connectivity index (χ1n) is 7.59. The molecular weight excluding hydrogens is 270 g/mol. The number of aliphatic hydroxyl groups is 1. The van der Waals surface area contributed by atoms with Gasteiger partial charge in [0.05, 0.1) is 7.11 Å². The van der Waals surface area contributed by atoms with Crippen LogP contribution in [0.25, 0.3) is 0 Å². The van der Waals surface area contributed by atoms with E-state index in [1.54, 1.807) is 7.11 Å². The zero-order valence-electron chi connectivity index (χ0n) is 12.5. The third-order valence-corrected chi connectivity index (χ3v) is 4.46. The van der Waals surface area contributed by atoms with Crippen LogP contribution in [0, 0.1) is 0 Å². The maximum atomic E-state index is 9.21. The highest BCUT2D eigenvalue weighted by Crippen LogP contribution is 2.41. The van der Waals surface area contributed by atoms with Crippen molar-refractivity contribution < 1.29 is 19.3 Å². The molecule has 5 nitrogen and oxygen atoms in total. The number of nitrogens with one attached hydrogen (secondary N) is 1. The molecule has 1 aliphatic heterocycles. The molecule has 0 spiro atoms. The van der Waals surface area contributed by atoms with Crippen molar-refractivity contribution in [3.05, 3.63) is 17.7 Å². The van der Waals surface area contributed by atoms with E-state index in [0.717, 1.165) is 37.1 Å². The standard InChI is InChI=1S/C16H23NO4/c1-19-13-9-12(10-14-15(13)21-8-7-20-14)11-17-16(5-6-18)3-2-4-16/h9-10,17-18H,2-8,11H2,1H3. The topological polar surface area (TPSA) is 60.0 Å². The van der Waals surface area contributed by atoms with Crippen molar-refractivity contribution in [1.82, 2.24) is 5.32 Å². The zero-order valence-corrected chi connectivity index (χ0v) is 12.5. The second-order valence-corrected chi connectivity index (χ2v) is 5.78. The minimum Gasteiger partial charge on any atom is -0.493 e. The van der Waals surface area contributed by atoms with Crippen LogP contribution in [0.1, 0.15) is 31.2 Å². The average Bonchev–Trinajstić information content (AvgIpc) is 2.49. The Labute approximate surface area is 125 Å². The van der Waals surface area contributed by atoms with Crippen LogP contribution < -0.4 is 19.5 Å². The van der Waals surface area contributed by atoms with Crippen molar-refractivity contribution in [2.45, 2.75) is 37.8 Å². The molecule has 0 bridgehead atoms. The predicted molar refractivity (Wildman–Crippen MR) is 79.1 cm³/mol. The molecule has 0 atom stereocenters. The summed E-state index contributed by atoms with van der Waals surface area (Å²) in [6.07, 6.45) is 4.32. The summed E-state index contributed by atoms with van der Waals surface area (Å²) in [4.78, 5) is 0. The van der Waals surface area contributed by atoms with Crippen LogP contribution in [-0.4, -0.2) is 37.6 Å². The van der Waals surface area contributed by atoms with Crippen LogP contribution in [0.2, 0.25) is 0 Å². The molecule has 1 aromatic carbocycles. The van der Waals surface area contributed by atoms with Gasteiger partial charge in [0.2, 0.25) is 5.75 Å².